The van der Waals surface area contributed by atoms with Gasteiger partial charge in [0.05, 0.1) is 5.60 Å². The van der Waals surface area contributed by atoms with Gasteiger partial charge in [0.25, 0.3) is 0 Å². The van der Waals surface area contributed by atoms with Crippen LogP contribution in [0.2, 0.25) is 0 Å². The maximum atomic E-state index is 10.1. The highest BCUT2D eigenvalue weighted by Crippen LogP contribution is 2.26. The van der Waals surface area contributed by atoms with E-state index in [2.05, 4.69) is 4.98 Å². The highest BCUT2D eigenvalue weighted by atomic mass is 16.3. The summed E-state index contributed by atoms with van der Waals surface area (Å²) in [5.41, 5.74) is 1.37. The second kappa shape index (κ2) is 3.14. The highest BCUT2D eigenvalue weighted by molar-refractivity contribution is 5.80. The predicted octanol–water partition coefficient (Wildman–Crippen LogP) is 2.79. The maximum Gasteiger partial charge on any atom is 0.0866 e. The Kier molecular flexibility index (Phi) is 2.08. The number of hydrogen-bond donors (Lipinski definition) is 2. The Balaban J connectivity index is 2.53. The van der Waals surface area contributed by atoms with Crippen LogP contribution in [0.3, 0.4) is 0 Å². The molecule has 1 heterocycles. The molecular formula is C12H15NO. The second-order valence-electron chi connectivity index (χ2n) is 3.91. The van der Waals surface area contributed by atoms with Gasteiger partial charge in [-0.25, -0.2) is 0 Å². The van der Waals surface area contributed by atoms with Crippen LogP contribution in [0.15, 0.2) is 30.5 Å². The van der Waals surface area contributed by atoms with E-state index >= 15 is 0 Å². The first kappa shape index (κ1) is 9.28. The van der Waals surface area contributed by atoms with Gasteiger partial charge in [0.15, 0.2) is 0 Å². The Bertz CT molecular complexity index is 442. The lowest BCUT2D eigenvalue weighted by Gasteiger charge is -2.21. The van der Waals surface area contributed by atoms with E-state index in [0.717, 1.165) is 22.9 Å². The van der Waals surface area contributed by atoms with E-state index in [4.69, 9.17) is 0 Å². The SMILES string of the molecule is CCC(C)(O)c1ccc2[nH]ccc2c1. The topological polar surface area (TPSA) is 36.0 Å². The molecule has 2 heteroatoms. The summed E-state index contributed by atoms with van der Waals surface area (Å²) in [5.74, 6) is 0. The minimum Gasteiger partial charge on any atom is -0.385 e. The third-order valence-electron chi connectivity index (χ3n) is 2.86. The number of nitrogens with one attached hydrogen (secondary N) is 1. The molecule has 0 radical (unpaired) electrons. The number of hydrogen-bond acceptors (Lipinski definition) is 1. The summed E-state index contributed by atoms with van der Waals surface area (Å²) >= 11 is 0. The average molecular weight is 189 g/mol. The molecule has 74 valence electrons. The molecule has 1 unspecified atom stereocenters. The van der Waals surface area contributed by atoms with E-state index in [1.807, 2.05) is 44.3 Å². The van der Waals surface area contributed by atoms with Crippen molar-refractivity contribution < 1.29 is 5.11 Å². The van der Waals surface area contributed by atoms with Crippen molar-refractivity contribution in [2.24, 2.45) is 0 Å². The third-order valence-corrected chi connectivity index (χ3v) is 2.86. The zero-order valence-corrected chi connectivity index (χ0v) is 8.54. The second-order valence-corrected chi connectivity index (χ2v) is 3.91. The Hall–Kier alpha value is -1.28. The molecule has 2 aromatic rings. The lowest BCUT2D eigenvalue weighted by atomic mass is 9.93. The molecule has 2 nitrogen and oxygen atoms in total. The first-order valence-corrected chi connectivity index (χ1v) is 4.93. The molecule has 0 aliphatic heterocycles. The van der Waals surface area contributed by atoms with Gasteiger partial charge in [-0.3, -0.25) is 0 Å². The fraction of sp³-hybridized carbons (Fsp3) is 0.333. The quantitative estimate of drug-likeness (QED) is 0.748. The van der Waals surface area contributed by atoms with Crippen LogP contribution in [0.1, 0.15) is 25.8 Å². The molecule has 0 spiro atoms. The molecule has 1 atom stereocenters. The molecule has 0 bridgehead atoms. The smallest absolute Gasteiger partial charge is 0.0866 e. The molecule has 14 heavy (non-hydrogen) atoms. The first-order valence-electron chi connectivity index (χ1n) is 4.93. The van der Waals surface area contributed by atoms with Crippen LogP contribution in [0.4, 0.5) is 0 Å². The van der Waals surface area contributed by atoms with E-state index in [-0.39, 0.29) is 0 Å². The largest absolute Gasteiger partial charge is 0.385 e. The van der Waals surface area contributed by atoms with Gasteiger partial charge >= 0.3 is 0 Å². The lowest BCUT2D eigenvalue weighted by Crippen LogP contribution is -2.19. The molecular weight excluding hydrogens is 174 g/mol. The molecule has 0 fully saturated rings. The Labute approximate surface area is 83.6 Å². The molecule has 1 aromatic heterocycles. The van der Waals surface area contributed by atoms with E-state index in [1.165, 1.54) is 0 Å². The van der Waals surface area contributed by atoms with E-state index in [9.17, 15) is 5.11 Å². The fourth-order valence-electron chi connectivity index (χ4n) is 1.59. The fourth-order valence-corrected chi connectivity index (χ4v) is 1.59. The Morgan fingerprint density at radius 2 is 2.14 bits per heavy atom. The van der Waals surface area contributed by atoms with Crippen LogP contribution in [-0.4, -0.2) is 10.1 Å². The summed E-state index contributed by atoms with van der Waals surface area (Å²) in [7, 11) is 0. The van der Waals surface area contributed by atoms with E-state index in [0.29, 0.717) is 0 Å². The van der Waals surface area contributed by atoms with Crippen molar-refractivity contribution in [3.63, 3.8) is 0 Å². The van der Waals surface area contributed by atoms with Crippen LogP contribution >= 0.6 is 0 Å². The van der Waals surface area contributed by atoms with Crippen molar-refractivity contribution in [3.8, 4) is 0 Å². The predicted molar refractivity (Wildman–Crippen MR) is 58.2 cm³/mol. The van der Waals surface area contributed by atoms with Crippen molar-refractivity contribution in [1.82, 2.24) is 4.98 Å². The summed E-state index contributed by atoms with van der Waals surface area (Å²) in [6.07, 6.45) is 2.64. The minimum atomic E-state index is -0.717. The highest BCUT2D eigenvalue weighted by Gasteiger charge is 2.20. The van der Waals surface area contributed by atoms with E-state index in [1.54, 1.807) is 0 Å². The molecule has 2 N–H and O–H groups in total. The van der Waals surface area contributed by atoms with Gasteiger partial charge in [0.2, 0.25) is 0 Å². The standard InChI is InChI=1S/C12H15NO/c1-3-12(2,14)10-4-5-11-9(8-10)6-7-13-11/h4-8,13-14H,3H2,1-2H3. The Morgan fingerprint density at radius 1 is 1.36 bits per heavy atom. The maximum absolute atomic E-state index is 10.1. The van der Waals surface area contributed by atoms with Crippen LogP contribution < -0.4 is 0 Å². The number of aromatic amines is 1. The number of H-pyrrole nitrogens is 1. The summed E-state index contributed by atoms with van der Waals surface area (Å²) in [5, 5.41) is 11.2. The average Bonchev–Trinajstić information content (AvgIpc) is 2.64. The third kappa shape index (κ3) is 1.42. The van der Waals surface area contributed by atoms with Gasteiger partial charge in [-0.05, 0) is 42.5 Å². The summed E-state index contributed by atoms with van der Waals surface area (Å²) in [4.78, 5) is 3.13. The minimum absolute atomic E-state index is 0.717. The number of aromatic nitrogens is 1. The summed E-state index contributed by atoms with van der Waals surface area (Å²) in [6.45, 7) is 3.84. The van der Waals surface area contributed by atoms with Crippen molar-refractivity contribution in [1.29, 1.82) is 0 Å². The van der Waals surface area contributed by atoms with Crippen LogP contribution in [0, 0.1) is 0 Å². The van der Waals surface area contributed by atoms with Crippen molar-refractivity contribution >= 4 is 10.9 Å². The number of fused-ring (bicyclic) bond motifs is 1. The molecule has 0 aliphatic rings. The summed E-state index contributed by atoms with van der Waals surface area (Å²) < 4.78 is 0. The van der Waals surface area contributed by atoms with Crippen LogP contribution in [0.5, 0.6) is 0 Å². The molecule has 2 rings (SSSR count). The van der Waals surface area contributed by atoms with Gasteiger partial charge in [0, 0.05) is 11.7 Å². The molecule has 0 saturated heterocycles. The van der Waals surface area contributed by atoms with Crippen molar-refractivity contribution in [3.05, 3.63) is 36.0 Å². The number of rotatable bonds is 2. The van der Waals surface area contributed by atoms with Crippen molar-refractivity contribution in [2.45, 2.75) is 25.9 Å². The normalized spacial score (nSPS) is 15.6. The van der Waals surface area contributed by atoms with Gasteiger partial charge < -0.3 is 10.1 Å². The molecule has 0 saturated carbocycles. The monoisotopic (exact) mass is 189 g/mol. The van der Waals surface area contributed by atoms with Gasteiger partial charge in [-0.15, -0.1) is 0 Å². The Morgan fingerprint density at radius 3 is 2.86 bits per heavy atom. The summed E-state index contributed by atoms with van der Waals surface area (Å²) in [6, 6.07) is 8.04. The van der Waals surface area contributed by atoms with Gasteiger partial charge in [0.1, 0.15) is 0 Å². The molecule has 0 aliphatic carbocycles. The zero-order chi connectivity index (χ0) is 10.2. The number of aliphatic hydroxyl groups is 1. The molecule has 0 amide bonds. The van der Waals surface area contributed by atoms with E-state index < -0.39 is 5.60 Å². The zero-order valence-electron chi connectivity index (χ0n) is 8.54. The van der Waals surface area contributed by atoms with Gasteiger partial charge in [-0.2, -0.15) is 0 Å². The first-order chi connectivity index (χ1) is 6.63. The van der Waals surface area contributed by atoms with Crippen LogP contribution in [0.25, 0.3) is 10.9 Å². The van der Waals surface area contributed by atoms with Gasteiger partial charge in [-0.1, -0.05) is 13.0 Å². The molecule has 1 aromatic carbocycles. The lowest BCUT2D eigenvalue weighted by molar-refractivity contribution is 0.0532. The van der Waals surface area contributed by atoms with Crippen molar-refractivity contribution in [2.75, 3.05) is 0 Å². The number of benzene rings is 1. The van der Waals surface area contributed by atoms with Crippen LogP contribution in [-0.2, 0) is 5.60 Å².